The quantitative estimate of drug-likeness (QED) is 0.226. The molecule has 0 spiro atoms. The van der Waals surface area contributed by atoms with Gasteiger partial charge in [0.05, 0.1) is 10.8 Å². The van der Waals surface area contributed by atoms with Crippen molar-refractivity contribution in [3.8, 4) is 0 Å². The maximum absolute atomic E-state index is 14.4. The number of Topliss-reactive ketones (excluding diaryl/α,β-unsaturated/α-hetero) is 1. The fourth-order valence-corrected chi connectivity index (χ4v) is 8.32. The first-order valence-corrected chi connectivity index (χ1v) is 18.5. The SMILES string of the molecule is CN(C[C@@H](NC(=O)N[C@H](C(=O)N1C[C@H]2[C@@H]([C@H]1C(=O)NC(CC1CCC1)C(=O)C(N)=O)C2(C)C)C(C)(C)C)C(C)(C)C)S(=O)(=O)C(C)(C)C. The molecule has 0 bridgehead atoms. The number of hydrogen-bond donors (Lipinski definition) is 4. The number of nitrogens with one attached hydrogen (secondary N) is 3. The second-order valence-corrected chi connectivity index (χ2v) is 20.7. The standard InChI is InChI=1S/C34H60N6O7S/c1-31(2,3)22(18-39(12)48(46,47)33(7,8)9)37-30(45)38-26(32(4,5)6)29(44)40-17-20-23(34(20,10)11)24(40)28(43)36-21(25(41)27(35)42)16-19-14-13-15-19/h19-24,26H,13-18H2,1-12H3,(H2,35,42)(H,36,43)(H2,37,38,45)/t20-,21?,22+,23-,24-,26+/m0/s1. The van der Waals surface area contributed by atoms with Gasteiger partial charge in [0.1, 0.15) is 12.1 Å². The first-order chi connectivity index (χ1) is 21.6. The van der Waals surface area contributed by atoms with Crippen LogP contribution in [0.5, 0.6) is 0 Å². The minimum Gasteiger partial charge on any atom is -0.363 e. The highest BCUT2D eigenvalue weighted by Crippen LogP contribution is 2.65. The average molecular weight is 697 g/mol. The molecule has 14 heteroatoms. The predicted molar refractivity (Wildman–Crippen MR) is 184 cm³/mol. The van der Waals surface area contributed by atoms with Crippen molar-refractivity contribution in [2.75, 3.05) is 20.1 Å². The topological polar surface area (TPSA) is 188 Å². The number of likely N-dealkylation sites (tertiary alicyclic amines) is 1. The summed E-state index contributed by atoms with van der Waals surface area (Å²) in [5.74, 6) is -2.79. The van der Waals surface area contributed by atoms with Crippen molar-refractivity contribution in [1.82, 2.24) is 25.2 Å². The lowest BCUT2D eigenvalue weighted by Gasteiger charge is -2.39. The second-order valence-electron chi connectivity index (χ2n) is 17.9. The van der Waals surface area contributed by atoms with Gasteiger partial charge < -0.3 is 26.6 Å². The summed E-state index contributed by atoms with van der Waals surface area (Å²) in [4.78, 5) is 68.0. The monoisotopic (exact) mass is 696 g/mol. The third kappa shape index (κ3) is 8.34. The lowest BCUT2D eigenvalue weighted by molar-refractivity contribution is -0.145. The van der Waals surface area contributed by atoms with Crippen molar-refractivity contribution in [2.45, 2.75) is 131 Å². The molecular formula is C34H60N6O7S. The van der Waals surface area contributed by atoms with Crippen LogP contribution in [0.4, 0.5) is 4.79 Å². The van der Waals surface area contributed by atoms with Crippen LogP contribution in [0.15, 0.2) is 0 Å². The Balaban J connectivity index is 1.84. The number of urea groups is 1. The van der Waals surface area contributed by atoms with Crippen LogP contribution in [0.2, 0.25) is 0 Å². The van der Waals surface area contributed by atoms with E-state index < -0.39 is 79.3 Å². The third-order valence-corrected chi connectivity index (χ3v) is 13.3. The highest BCUT2D eigenvalue weighted by atomic mass is 32.2. The van der Waals surface area contributed by atoms with Gasteiger partial charge in [-0.3, -0.25) is 19.2 Å². The predicted octanol–water partition coefficient (Wildman–Crippen LogP) is 2.39. The molecule has 5 amide bonds. The van der Waals surface area contributed by atoms with E-state index in [-0.39, 0.29) is 29.7 Å². The number of rotatable bonds is 12. The summed E-state index contributed by atoms with van der Waals surface area (Å²) in [6.45, 7) is 20.4. The number of carbonyl (C=O) groups is 5. The van der Waals surface area contributed by atoms with Gasteiger partial charge in [-0.15, -0.1) is 0 Å². The van der Waals surface area contributed by atoms with Crippen LogP contribution in [-0.2, 0) is 29.2 Å². The number of carbonyl (C=O) groups excluding carboxylic acids is 5. The molecule has 274 valence electrons. The number of hydrogen-bond acceptors (Lipinski definition) is 7. The number of amides is 5. The molecule has 2 saturated carbocycles. The molecule has 3 fully saturated rings. The minimum atomic E-state index is -3.67. The number of ketones is 1. The highest BCUT2D eigenvalue weighted by Gasteiger charge is 2.70. The van der Waals surface area contributed by atoms with Crippen molar-refractivity contribution in [3.63, 3.8) is 0 Å². The van der Waals surface area contributed by atoms with E-state index in [1.54, 1.807) is 20.8 Å². The normalized spacial score (nSPS) is 24.5. The van der Waals surface area contributed by atoms with E-state index in [1.165, 1.54) is 16.3 Å². The van der Waals surface area contributed by atoms with Gasteiger partial charge in [0.15, 0.2) is 0 Å². The van der Waals surface area contributed by atoms with E-state index in [2.05, 4.69) is 16.0 Å². The Morgan fingerprint density at radius 2 is 1.48 bits per heavy atom. The van der Waals surface area contributed by atoms with Gasteiger partial charge in [-0.05, 0) is 61.2 Å². The zero-order valence-electron chi connectivity index (χ0n) is 31.0. The zero-order chi connectivity index (χ0) is 36.9. The molecule has 1 saturated heterocycles. The van der Waals surface area contributed by atoms with Crippen LogP contribution >= 0.6 is 0 Å². The molecule has 2 aliphatic carbocycles. The molecular weight excluding hydrogens is 636 g/mol. The van der Waals surface area contributed by atoms with Crippen LogP contribution in [0.25, 0.3) is 0 Å². The smallest absolute Gasteiger partial charge is 0.315 e. The van der Waals surface area contributed by atoms with Crippen molar-refractivity contribution >= 4 is 39.6 Å². The van der Waals surface area contributed by atoms with Gasteiger partial charge in [-0.25, -0.2) is 17.5 Å². The largest absolute Gasteiger partial charge is 0.363 e. The Morgan fingerprint density at radius 1 is 0.917 bits per heavy atom. The van der Waals surface area contributed by atoms with Crippen LogP contribution < -0.4 is 21.7 Å². The molecule has 1 unspecified atom stereocenters. The van der Waals surface area contributed by atoms with Gasteiger partial charge >= 0.3 is 6.03 Å². The number of nitrogens with zero attached hydrogens (tertiary/aromatic N) is 2. The molecule has 3 rings (SSSR count). The first kappa shape index (κ1) is 39.7. The number of fused-ring (bicyclic) bond motifs is 1. The molecule has 0 aromatic heterocycles. The number of piperidine rings is 1. The van der Waals surface area contributed by atoms with Gasteiger partial charge in [0, 0.05) is 26.2 Å². The number of likely N-dealkylation sites (N-methyl/N-ethyl adjacent to an activating group) is 1. The van der Waals surface area contributed by atoms with Crippen molar-refractivity contribution in [3.05, 3.63) is 0 Å². The molecule has 6 atom stereocenters. The van der Waals surface area contributed by atoms with Gasteiger partial charge in [0.25, 0.3) is 5.91 Å². The van der Waals surface area contributed by atoms with Crippen molar-refractivity contribution < 1.29 is 32.4 Å². The van der Waals surface area contributed by atoms with Crippen LogP contribution in [0.3, 0.4) is 0 Å². The summed E-state index contributed by atoms with van der Waals surface area (Å²) < 4.78 is 26.4. The molecule has 0 aromatic rings. The van der Waals surface area contributed by atoms with Crippen molar-refractivity contribution in [2.24, 2.45) is 39.7 Å². The fraction of sp³-hybridized carbons (Fsp3) is 0.853. The molecule has 1 heterocycles. The Bertz CT molecular complexity index is 1390. The number of primary amides is 1. The molecule has 1 aliphatic heterocycles. The maximum atomic E-state index is 14.4. The van der Waals surface area contributed by atoms with Crippen LogP contribution in [0.1, 0.15) is 102 Å². The Morgan fingerprint density at radius 3 is 1.92 bits per heavy atom. The lowest BCUT2D eigenvalue weighted by Crippen LogP contribution is -2.63. The maximum Gasteiger partial charge on any atom is 0.315 e. The van der Waals surface area contributed by atoms with Crippen LogP contribution in [0, 0.1) is 34.0 Å². The Hall–Kier alpha value is -2.74. The molecule has 48 heavy (non-hydrogen) atoms. The summed E-state index contributed by atoms with van der Waals surface area (Å²) in [5.41, 5.74) is 3.82. The Kier molecular flexibility index (Phi) is 11.2. The fourth-order valence-electron chi connectivity index (χ4n) is 7.04. The van der Waals surface area contributed by atoms with Gasteiger partial charge in [-0.1, -0.05) is 74.7 Å². The first-order valence-electron chi connectivity index (χ1n) is 17.1. The number of nitrogens with two attached hydrogens (primary N) is 1. The summed E-state index contributed by atoms with van der Waals surface area (Å²) in [5, 5.41) is 8.55. The molecule has 13 nitrogen and oxygen atoms in total. The van der Waals surface area contributed by atoms with E-state index >= 15 is 0 Å². The van der Waals surface area contributed by atoms with E-state index in [4.69, 9.17) is 5.73 Å². The Labute approximate surface area is 287 Å². The van der Waals surface area contributed by atoms with Crippen molar-refractivity contribution in [1.29, 1.82) is 0 Å². The summed E-state index contributed by atoms with van der Waals surface area (Å²) >= 11 is 0. The molecule has 0 aromatic carbocycles. The van der Waals surface area contributed by atoms with E-state index in [9.17, 15) is 32.4 Å². The molecule has 5 N–H and O–H groups in total. The lowest BCUT2D eigenvalue weighted by atomic mass is 9.80. The van der Waals surface area contributed by atoms with E-state index in [1.807, 2.05) is 55.4 Å². The van der Waals surface area contributed by atoms with E-state index in [0.29, 0.717) is 13.0 Å². The second kappa shape index (κ2) is 13.5. The van der Waals surface area contributed by atoms with Gasteiger partial charge in [0.2, 0.25) is 27.6 Å². The zero-order valence-corrected chi connectivity index (χ0v) is 31.8. The number of sulfonamides is 1. The summed E-state index contributed by atoms with van der Waals surface area (Å²) in [6, 6.07) is -4.24. The van der Waals surface area contributed by atoms with Crippen LogP contribution in [-0.4, -0.2) is 96.2 Å². The third-order valence-electron chi connectivity index (χ3n) is 10.8. The molecule has 3 aliphatic rings. The summed E-state index contributed by atoms with van der Waals surface area (Å²) in [7, 11) is -2.19. The van der Waals surface area contributed by atoms with E-state index in [0.717, 1.165) is 19.3 Å². The molecule has 0 radical (unpaired) electrons. The average Bonchev–Trinajstić information content (AvgIpc) is 3.22. The highest BCUT2D eigenvalue weighted by molar-refractivity contribution is 7.90. The minimum absolute atomic E-state index is 0.0174. The summed E-state index contributed by atoms with van der Waals surface area (Å²) in [6.07, 6.45) is 3.16. The van der Waals surface area contributed by atoms with Gasteiger partial charge in [-0.2, -0.15) is 0 Å².